The van der Waals surface area contributed by atoms with Gasteiger partial charge in [-0.3, -0.25) is 9.78 Å². The van der Waals surface area contributed by atoms with Gasteiger partial charge in [0.2, 0.25) is 0 Å². The van der Waals surface area contributed by atoms with Crippen LogP contribution in [0.5, 0.6) is 11.5 Å². The second kappa shape index (κ2) is 6.72. The normalized spacial score (nSPS) is 10.4. The molecule has 4 heteroatoms. The molecule has 0 aliphatic heterocycles. The smallest absolute Gasteiger partial charge is 0.150 e. The van der Waals surface area contributed by atoms with Crippen LogP contribution < -0.4 is 9.47 Å². The number of aldehydes is 1. The van der Waals surface area contributed by atoms with Crippen molar-refractivity contribution in [2.24, 2.45) is 0 Å². The number of rotatable bonds is 6. The number of aromatic nitrogens is 1. The van der Waals surface area contributed by atoms with Gasteiger partial charge in [-0.25, -0.2) is 0 Å². The van der Waals surface area contributed by atoms with Crippen LogP contribution in [0.4, 0.5) is 0 Å². The van der Waals surface area contributed by atoms with Crippen molar-refractivity contribution in [3.8, 4) is 11.5 Å². The maximum Gasteiger partial charge on any atom is 0.150 e. The molecule has 0 saturated heterocycles. The average molecular weight is 293 g/mol. The lowest BCUT2D eigenvalue weighted by atomic mass is 10.2. The Bertz CT molecular complexity index is 763. The molecule has 0 fully saturated rings. The van der Waals surface area contributed by atoms with Crippen LogP contribution in [-0.2, 0) is 0 Å². The summed E-state index contributed by atoms with van der Waals surface area (Å²) in [5, 5.41) is 1.05. The van der Waals surface area contributed by atoms with Gasteiger partial charge in [-0.05, 0) is 36.4 Å². The number of nitrogens with zero attached hydrogens (tertiary/aromatic N) is 1. The predicted molar refractivity (Wildman–Crippen MR) is 84.6 cm³/mol. The van der Waals surface area contributed by atoms with Gasteiger partial charge in [-0.2, -0.15) is 0 Å². The van der Waals surface area contributed by atoms with E-state index in [0.717, 1.165) is 22.9 Å². The zero-order valence-electron chi connectivity index (χ0n) is 11.9. The maximum atomic E-state index is 10.6. The first-order valence-electron chi connectivity index (χ1n) is 7.01. The topological polar surface area (TPSA) is 48.4 Å². The van der Waals surface area contributed by atoms with Gasteiger partial charge in [0.05, 0.1) is 0 Å². The molecule has 0 saturated carbocycles. The lowest BCUT2D eigenvalue weighted by molar-refractivity contribution is 0.112. The molecule has 0 N–H and O–H groups in total. The summed E-state index contributed by atoms with van der Waals surface area (Å²) in [5.74, 6) is 1.46. The Labute approximate surface area is 128 Å². The molecule has 2 aromatic carbocycles. The number of benzene rings is 2. The second-order valence-corrected chi connectivity index (χ2v) is 4.72. The second-order valence-electron chi connectivity index (χ2n) is 4.72. The van der Waals surface area contributed by atoms with E-state index >= 15 is 0 Å². The van der Waals surface area contributed by atoms with E-state index in [1.54, 1.807) is 30.5 Å². The van der Waals surface area contributed by atoms with Crippen LogP contribution in [0.2, 0.25) is 0 Å². The Morgan fingerprint density at radius 1 is 0.909 bits per heavy atom. The number of pyridine rings is 1. The minimum Gasteiger partial charge on any atom is -0.490 e. The average Bonchev–Trinajstić information content (AvgIpc) is 2.59. The van der Waals surface area contributed by atoms with Crippen LogP contribution in [0, 0.1) is 0 Å². The van der Waals surface area contributed by atoms with Crippen molar-refractivity contribution in [3.05, 3.63) is 66.4 Å². The fourth-order valence-corrected chi connectivity index (χ4v) is 2.15. The van der Waals surface area contributed by atoms with Crippen molar-refractivity contribution < 1.29 is 14.3 Å². The number of fused-ring (bicyclic) bond motifs is 1. The van der Waals surface area contributed by atoms with Gasteiger partial charge in [-0.1, -0.05) is 18.2 Å². The fourth-order valence-electron chi connectivity index (χ4n) is 2.15. The highest BCUT2D eigenvalue weighted by molar-refractivity contribution is 5.84. The number of hydrogen-bond donors (Lipinski definition) is 0. The van der Waals surface area contributed by atoms with E-state index in [0.29, 0.717) is 24.5 Å². The zero-order chi connectivity index (χ0) is 15.2. The Balaban J connectivity index is 1.57. The third-order valence-electron chi connectivity index (χ3n) is 3.22. The third-order valence-corrected chi connectivity index (χ3v) is 3.22. The Hall–Kier alpha value is -2.88. The molecule has 1 heterocycles. The van der Waals surface area contributed by atoms with Crippen LogP contribution in [0.3, 0.4) is 0 Å². The van der Waals surface area contributed by atoms with Crippen molar-refractivity contribution in [1.82, 2.24) is 4.98 Å². The molecule has 3 rings (SSSR count). The largest absolute Gasteiger partial charge is 0.490 e. The minimum absolute atomic E-state index is 0.420. The van der Waals surface area contributed by atoms with Gasteiger partial charge in [-0.15, -0.1) is 0 Å². The molecule has 22 heavy (non-hydrogen) atoms. The van der Waals surface area contributed by atoms with E-state index in [2.05, 4.69) is 4.98 Å². The molecule has 0 aliphatic rings. The van der Waals surface area contributed by atoms with Crippen molar-refractivity contribution in [3.63, 3.8) is 0 Å². The summed E-state index contributed by atoms with van der Waals surface area (Å²) in [4.78, 5) is 14.9. The standard InChI is InChI=1S/C18H15NO3/c20-13-14-6-8-16(9-7-14)21-11-12-22-17-5-1-3-15-4-2-10-19-18(15)17/h1-10,13H,11-12H2. The number of hydrogen-bond acceptors (Lipinski definition) is 4. The molecule has 0 amide bonds. The summed E-state index contributed by atoms with van der Waals surface area (Å²) >= 11 is 0. The minimum atomic E-state index is 0.420. The Morgan fingerprint density at radius 2 is 1.68 bits per heavy atom. The SMILES string of the molecule is O=Cc1ccc(OCCOc2cccc3cccnc23)cc1. The summed E-state index contributed by atoms with van der Waals surface area (Å²) in [5.41, 5.74) is 1.48. The Kier molecular flexibility index (Phi) is 4.30. The van der Waals surface area contributed by atoms with Crippen molar-refractivity contribution in [2.45, 2.75) is 0 Å². The van der Waals surface area contributed by atoms with E-state index in [1.807, 2.05) is 30.3 Å². The quantitative estimate of drug-likeness (QED) is 0.515. The Morgan fingerprint density at radius 3 is 2.50 bits per heavy atom. The number of carbonyl (C=O) groups is 1. The zero-order valence-corrected chi connectivity index (χ0v) is 11.9. The predicted octanol–water partition coefficient (Wildman–Crippen LogP) is 3.51. The molecule has 0 radical (unpaired) electrons. The van der Waals surface area contributed by atoms with E-state index in [1.165, 1.54) is 0 Å². The summed E-state index contributed by atoms with van der Waals surface area (Å²) in [6.07, 6.45) is 2.56. The van der Waals surface area contributed by atoms with Gasteiger partial charge >= 0.3 is 0 Å². The van der Waals surface area contributed by atoms with E-state index < -0.39 is 0 Å². The van der Waals surface area contributed by atoms with E-state index in [-0.39, 0.29) is 0 Å². The molecule has 0 spiro atoms. The number of para-hydroxylation sites is 1. The number of carbonyl (C=O) groups excluding carboxylic acids is 1. The third kappa shape index (κ3) is 3.23. The van der Waals surface area contributed by atoms with Crippen LogP contribution in [0.1, 0.15) is 10.4 Å². The highest BCUT2D eigenvalue weighted by Crippen LogP contribution is 2.22. The van der Waals surface area contributed by atoms with Gasteiger partial charge in [0.25, 0.3) is 0 Å². The highest BCUT2D eigenvalue weighted by Gasteiger charge is 2.02. The lowest BCUT2D eigenvalue weighted by Crippen LogP contribution is -2.09. The van der Waals surface area contributed by atoms with Gasteiger partial charge in [0.15, 0.2) is 0 Å². The summed E-state index contributed by atoms with van der Waals surface area (Å²) in [6.45, 7) is 0.842. The van der Waals surface area contributed by atoms with Gasteiger partial charge in [0.1, 0.15) is 36.5 Å². The monoisotopic (exact) mass is 293 g/mol. The molecular formula is C18H15NO3. The van der Waals surface area contributed by atoms with Crippen LogP contribution in [0.15, 0.2) is 60.8 Å². The summed E-state index contributed by atoms with van der Waals surface area (Å²) in [7, 11) is 0. The summed E-state index contributed by atoms with van der Waals surface area (Å²) < 4.78 is 11.3. The van der Waals surface area contributed by atoms with E-state index in [4.69, 9.17) is 9.47 Å². The highest BCUT2D eigenvalue weighted by atomic mass is 16.5. The molecule has 0 unspecified atom stereocenters. The van der Waals surface area contributed by atoms with Crippen LogP contribution in [0.25, 0.3) is 10.9 Å². The first-order chi connectivity index (χ1) is 10.9. The maximum absolute atomic E-state index is 10.6. The first kappa shape index (κ1) is 14.1. The molecule has 3 aromatic rings. The van der Waals surface area contributed by atoms with Gasteiger partial charge in [0, 0.05) is 17.1 Å². The van der Waals surface area contributed by atoms with Crippen molar-refractivity contribution >= 4 is 17.2 Å². The fraction of sp³-hybridized carbons (Fsp3) is 0.111. The molecule has 0 aliphatic carbocycles. The molecular weight excluding hydrogens is 278 g/mol. The number of ether oxygens (including phenoxy) is 2. The summed E-state index contributed by atoms with van der Waals surface area (Å²) in [6, 6.07) is 16.7. The molecule has 110 valence electrons. The molecule has 4 nitrogen and oxygen atoms in total. The van der Waals surface area contributed by atoms with Gasteiger partial charge < -0.3 is 9.47 Å². The molecule has 0 atom stereocenters. The van der Waals surface area contributed by atoms with Crippen LogP contribution >= 0.6 is 0 Å². The first-order valence-corrected chi connectivity index (χ1v) is 7.01. The molecule has 1 aromatic heterocycles. The van der Waals surface area contributed by atoms with Crippen molar-refractivity contribution in [1.29, 1.82) is 0 Å². The molecule has 0 bridgehead atoms. The van der Waals surface area contributed by atoms with E-state index in [9.17, 15) is 4.79 Å². The lowest BCUT2D eigenvalue weighted by Gasteiger charge is -2.10. The van der Waals surface area contributed by atoms with Crippen LogP contribution in [-0.4, -0.2) is 24.5 Å². The van der Waals surface area contributed by atoms with Crippen molar-refractivity contribution in [2.75, 3.05) is 13.2 Å².